The van der Waals surface area contributed by atoms with Gasteiger partial charge in [0.1, 0.15) is 11.2 Å². The number of carbonyl (C=O) groups excluding carboxylic acids is 1. The van der Waals surface area contributed by atoms with Gasteiger partial charge >= 0.3 is 5.88 Å². The van der Waals surface area contributed by atoms with E-state index >= 15 is 0 Å². The van der Waals surface area contributed by atoms with Gasteiger partial charge in [0.05, 0.1) is 6.07 Å². The van der Waals surface area contributed by atoms with Crippen molar-refractivity contribution in [2.45, 2.75) is 6.92 Å². The summed E-state index contributed by atoms with van der Waals surface area (Å²) in [6.07, 6.45) is 0.750. The van der Waals surface area contributed by atoms with Gasteiger partial charge in [0, 0.05) is 7.05 Å². The molecule has 2 heterocycles. The fourth-order valence-corrected chi connectivity index (χ4v) is 1.04. The van der Waals surface area contributed by atoms with Crippen molar-refractivity contribution in [1.82, 2.24) is 15.2 Å². The number of hydrogen-bond acceptors (Lipinski definition) is 7. The number of H-pyrrole nitrogens is 1. The lowest BCUT2D eigenvalue weighted by atomic mass is 10.4. The maximum atomic E-state index is 10.4. The van der Waals surface area contributed by atoms with Crippen molar-refractivity contribution >= 4 is 18.1 Å². The summed E-state index contributed by atoms with van der Waals surface area (Å²) < 4.78 is 4.93. The molecule has 0 amide bonds. The summed E-state index contributed by atoms with van der Waals surface area (Å²) >= 11 is 0. The molecular formula is C9H11N5O4. The Morgan fingerprint density at radius 2 is 2.22 bits per heavy atom. The Kier molecular flexibility index (Phi) is 4.55. The van der Waals surface area contributed by atoms with E-state index in [1.807, 2.05) is 0 Å². The summed E-state index contributed by atoms with van der Waals surface area (Å²) in [5, 5.41) is 19.5. The summed E-state index contributed by atoms with van der Waals surface area (Å²) in [6.45, 7) is 1.44. The van der Waals surface area contributed by atoms with Gasteiger partial charge in [-0.05, 0) is 13.0 Å². The predicted octanol–water partition coefficient (Wildman–Crippen LogP) is 1.22. The van der Waals surface area contributed by atoms with Crippen LogP contribution in [-0.4, -0.2) is 33.4 Å². The van der Waals surface area contributed by atoms with E-state index in [0.29, 0.717) is 11.8 Å². The van der Waals surface area contributed by atoms with E-state index in [1.165, 1.54) is 19.1 Å². The molecule has 0 aliphatic rings. The number of furan rings is 1. The van der Waals surface area contributed by atoms with Crippen LogP contribution in [0, 0.1) is 10.1 Å². The molecule has 2 aromatic rings. The van der Waals surface area contributed by atoms with Crippen LogP contribution in [0.1, 0.15) is 6.92 Å². The standard InChI is InChI=1S/C7H7N5O3.C2H4O/c1-8-7-9-6(10-11-7)4-2-3-5(15-4)12(13)14;1-2-3/h2-3H,1H3,(H2,8,9,10,11);2H,1H3. The highest BCUT2D eigenvalue weighted by atomic mass is 16.6. The summed E-state index contributed by atoms with van der Waals surface area (Å²) in [7, 11) is 1.66. The number of aldehydes is 1. The SMILES string of the molecule is CC=O.CNc1n[nH]c(-c2ccc([N+](=O)[O-])o2)n1. The molecule has 0 spiro atoms. The van der Waals surface area contributed by atoms with Crippen LogP contribution in [0.2, 0.25) is 0 Å². The third kappa shape index (κ3) is 3.14. The minimum Gasteiger partial charge on any atom is -0.397 e. The van der Waals surface area contributed by atoms with Crippen LogP contribution in [0.25, 0.3) is 11.6 Å². The second-order valence-electron chi connectivity index (χ2n) is 2.89. The fraction of sp³-hybridized carbons (Fsp3) is 0.222. The van der Waals surface area contributed by atoms with Gasteiger partial charge in [-0.15, -0.1) is 5.10 Å². The van der Waals surface area contributed by atoms with E-state index in [1.54, 1.807) is 7.05 Å². The second-order valence-corrected chi connectivity index (χ2v) is 2.89. The maximum absolute atomic E-state index is 10.4. The Bertz CT molecular complexity index is 533. The first kappa shape index (κ1) is 13.4. The van der Waals surface area contributed by atoms with E-state index in [9.17, 15) is 10.1 Å². The Morgan fingerprint density at radius 3 is 2.67 bits per heavy atom. The Morgan fingerprint density at radius 1 is 1.56 bits per heavy atom. The summed E-state index contributed by atoms with van der Waals surface area (Å²) in [5.41, 5.74) is 0. The van der Waals surface area contributed by atoms with Crippen LogP contribution >= 0.6 is 0 Å². The van der Waals surface area contributed by atoms with Crippen molar-refractivity contribution in [2.75, 3.05) is 12.4 Å². The molecule has 0 aromatic carbocycles. The van der Waals surface area contributed by atoms with Crippen LogP contribution in [0.5, 0.6) is 0 Å². The number of nitrogens with one attached hydrogen (secondary N) is 2. The predicted molar refractivity (Wildman–Crippen MR) is 62.0 cm³/mol. The molecule has 0 saturated heterocycles. The average Bonchev–Trinajstić information content (AvgIpc) is 2.98. The van der Waals surface area contributed by atoms with Gasteiger partial charge in [0.25, 0.3) is 0 Å². The topological polar surface area (TPSA) is 127 Å². The summed E-state index contributed by atoms with van der Waals surface area (Å²) in [6, 6.07) is 2.72. The quantitative estimate of drug-likeness (QED) is 0.478. The highest BCUT2D eigenvalue weighted by Gasteiger charge is 2.15. The molecule has 0 radical (unpaired) electrons. The van der Waals surface area contributed by atoms with Gasteiger partial charge in [0.15, 0.2) is 11.6 Å². The smallest absolute Gasteiger partial charge is 0.397 e. The molecule has 0 aliphatic heterocycles. The highest BCUT2D eigenvalue weighted by Crippen LogP contribution is 2.23. The van der Waals surface area contributed by atoms with Crippen LogP contribution in [0.4, 0.5) is 11.8 Å². The summed E-state index contributed by atoms with van der Waals surface area (Å²) in [5.74, 6) is 0.680. The zero-order valence-corrected chi connectivity index (χ0v) is 9.71. The zero-order valence-electron chi connectivity index (χ0n) is 9.71. The lowest BCUT2D eigenvalue weighted by Crippen LogP contribution is -1.88. The Labute approximate surface area is 101 Å². The van der Waals surface area contributed by atoms with Crippen molar-refractivity contribution < 1.29 is 14.1 Å². The minimum absolute atomic E-state index is 0.274. The lowest BCUT2D eigenvalue weighted by Gasteiger charge is -1.86. The number of rotatable bonds is 3. The molecule has 18 heavy (non-hydrogen) atoms. The van der Waals surface area contributed by atoms with Gasteiger partial charge in [-0.2, -0.15) is 4.98 Å². The third-order valence-corrected chi connectivity index (χ3v) is 1.71. The van der Waals surface area contributed by atoms with Crippen molar-refractivity contribution in [2.24, 2.45) is 0 Å². The van der Waals surface area contributed by atoms with E-state index in [-0.39, 0.29) is 11.6 Å². The molecule has 9 nitrogen and oxygen atoms in total. The van der Waals surface area contributed by atoms with Crippen LogP contribution < -0.4 is 5.32 Å². The molecule has 0 atom stereocenters. The van der Waals surface area contributed by atoms with E-state index in [2.05, 4.69) is 20.5 Å². The van der Waals surface area contributed by atoms with Crippen molar-refractivity contribution in [3.63, 3.8) is 0 Å². The number of anilines is 1. The summed E-state index contributed by atoms with van der Waals surface area (Å²) in [4.78, 5) is 22.5. The van der Waals surface area contributed by atoms with Gasteiger partial charge in [-0.25, -0.2) is 0 Å². The number of aromatic amines is 1. The average molecular weight is 253 g/mol. The van der Waals surface area contributed by atoms with Gasteiger partial charge in [-0.1, -0.05) is 0 Å². The molecule has 0 fully saturated rings. The van der Waals surface area contributed by atoms with Gasteiger partial charge in [-0.3, -0.25) is 15.2 Å². The van der Waals surface area contributed by atoms with Crippen LogP contribution in [-0.2, 0) is 4.79 Å². The highest BCUT2D eigenvalue weighted by molar-refractivity contribution is 5.50. The van der Waals surface area contributed by atoms with E-state index < -0.39 is 4.92 Å². The molecule has 9 heteroatoms. The molecule has 0 bridgehead atoms. The molecular weight excluding hydrogens is 242 g/mol. The molecule has 96 valence electrons. The first-order valence-electron chi connectivity index (χ1n) is 4.87. The van der Waals surface area contributed by atoms with Crippen LogP contribution in [0.3, 0.4) is 0 Å². The first-order valence-corrected chi connectivity index (χ1v) is 4.87. The molecule has 0 aliphatic carbocycles. The Hall–Kier alpha value is -2.71. The van der Waals surface area contributed by atoms with Crippen LogP contribution in [0.15, 0.2) is 16.5 Å². The van der Waals surface area contributed by atoms with Crippen molar-refractivity contribution in [3.05, 3.63) is 22.2 Å². The normalized spacial score (nSPS) is 9.22. The van der Waals surface area contributed by atoms with E-state index in [0.717, 1.165) is 6.29 Å². The van der Waals surface area contributed by atoms with Gasteiger partial charge < -0.3 is 14.5 Å². The zero-order chi connectivity index (χ0) is 13.5. The lowest BCUT2D eigenvalue weighted by molar-refractivity contribution is -0.401. The molecule has 2 aromatic heterocycles. The molecule has 0 unspecified atom stereocenters. The molecule has 2 N–H and O–H groups in total. The molecule has 0 saturated carbocycles. The van der Waals surface area contributed by atoms with E-state index in [4.69, 9.17) is 9.21 Å². The first-order chi connectivity index (χ1) is 8.62. The second kappa shape index (κ2) is 6.13. The fourth-order valence-electron chi connectivity index (χ4n) is 1.04. The van der Waals surface area contributed by atoms with Crippen molar-refractivity contribution in [1.29, 1.82) is 0 Å². The third-order valence-electron chi connectivity index (χ3n) is 1.71. The maximum Gasteiger partial charge on any atom is 0.433 e. The number of carbonyl (C=O) groups is 1. The number of nitro groups is 1. The monoisotopic (exact) mass is 253 g/mol. The largest absolute Gasteiger partial charge is 0.433 e. The molecule has 2 rings (SSSR count). The number of nitrogens with zero attached hydrogens (tertiary/aromatic N) is 3. The Balaban J connectivity index is 0.000000492. The number of hydrogen-bond donors (Lipinski definition) is 2. The minimum atomic E-state index is -0.612. The van der Waals surface area contributed by atoms with Crippen molar-refractivity contribution in [3.8, 4) is 11.6 Å². The number of aromatic nitrogens is 3. The van der Waals surface area contributed by atoms with Gasteiger partial charge in [0.2, 0.25) is 5.95 Å².